The Bertz CT molecular complexity index is 626. The number of nitrogens with one attached hydrogen (secondary N) is 1. The third kappa shape index (κ3) is 3.11. The molecule has 1 amide bonds. The molecule has 0 fully saturated rings. The van der Waals surface area contributed by atoms with Crippen LogP contribution in [0.4, 0.5) is 11.4 Å². The Labute approximate surface area is 126 Å². The Morgan fingerprint density at radius 2 is 1.85 bits per heavy atom. The summed E-state index contributed by atoms with van der Waals surface area (Å²) in [5, 5.41) is 3.29. The zero-order valence-corrected chi connectivity index (χ0v) is 12.6. The SMILES string of the molecule is CC(Nc1cccc(C(N)=O)c1N)c1ccc(Br)cc1. The molecule has 0 aliphatic carbocycles. The highest BCUT2D eigenvalue weighted by atomic mass is 79.9. The van der Waals surface area contributed by atoms with Crippen molar-refractivity contribution in [3.05, 3.63) is 58.1 Å². The number of nitrogen functional groups attached to an aromatic ring is 1. The van der Waals surface area contributed by atoms with Crippen molar-refractivity contribution < 1.29 is 4.79 Å². The maximum Gasteiger partial charge on any atom is 0.250 e. The van der Waals surface area contributed by atoms with Crippen LogP contribution < -0.4 is 16.8 Å². The van der Waals surface area contributed by atoms with E-state index in [9.17, 15) is 4.79 Å². The Hall–Kier alpha value is -2.01. The molecule has 0 aliphatic heterocycles. The van der Waals surface area contributed by atoms with Crippen molar-refractivity contribution in [1.29, 1.82) is 0 Å². The molecule has 5 N–H and O–H groups in total. The lowest BCUT2D eigenvalue weighted by atomic mass is 10.1. The monoisotopic (exact) mass is 333 g/mol. The van der Waals surface area contributed by atoms with Gasteiger partial charge in [0.25, 0.3) is 5.91 Å². The number of hydrogen-bond acceptors (Lipinski definition) is 3. The molecule has 0 bridgehead atoms. The van der Waals surface area contributed by atoms with Crippen LogP contribution in [0.1, 0.15) is 28.9 Å². The van der Waals surface area contributed by atoms with E-state index >= 15 is 0 Å². The lowest BCUT2D eigenvalue weighted by Crippen LogP contribution is -2.15. The van der Waals surface area contributed by atoms with Gasteiger partial charge in [-0.2, -0.15) is 0 Å². The highest BCUT2D eigenvalue weighted by molar-refractivity contribution is 9.10. The smallest absolute Gasteiger partial charge is 0.250 e. The predicted octanol–water partition coefficient (Wildman–Crippen LogP) is 3.30. The number of anilines is 2. The van der Waals surface area contributed by atoms with E-state index in [1.165, 1.54) is 0 Å². The molecule has 0 spiro atoms. The topological polar surface area (TPSA) is 81.1 Å². The Morgan fingerprint density at radius 1 is 1.20 bits per heavy atom. The lowest BCUT2D eigenvalue weighted by Gasteiger charge is -2.18. The van der Waals surface area contributed by atoms with Crippen molar-refractivity contribution in [2.75, 3.05) is 11.1 Å². The summed E-state index contributed by atoms with van der Waals surface area (Å²) in [7, 11) is 0. The van der Waals surface area contributed by atoms with E-state index < -0.39 is 5.91 Å². The Kier molecular flexibility index (Phi) is 4.29. The third-order valence-electron chi connectivity index (χ3n) is 3.11. The molecular weight excluding hydrogens is 318 g/mol. The number of nitrogens with two attached hydrogens (primary N) is 2. The van der Waals surface area contributed by atoms with Gasteiger partial charge in [0, 0.05) is 10.5 Å². The van der Waals surface area contributed by atoms with Crippen molar-refractivity contribution in [3.63, 3.8) is 0 Å². The minimum atomic E-state index is -0.526. The first kappa shape index (κ1) is 14.4. The van der Waals surface area contributed by atoms with Gasteiger partial charge in [0.2, 0.25) is 0 Å². The number of hydrogen-bond donors (Lipinski definition) is 3. The number of halogens is 1. The van der Waals surface area contributed by atoms with Gasteiger partial charge in [-0.25, -0.2) is 0 Å². The summed E-state index contributed by atoms with van der Waals surface area (Å²) in [6.07, 6.45) is 0. The fourth-order valence-electron chi connectivity index (χ4n) is 1.97. The second-order valence-electron chi connectivity index (χ2n) is 4.55. The first-order chi connectivity index (χ1) is 9.49. The molecule has 0 heterocycles. The van der Waals surface area contributed by atoms with Crippen LogP contribution in [0.2, 0.25) is 0 Å². The van der Waals surface area contributed by atoms with Crippen molar-refractivity contribution in [1.82, 2.24) is 0 Å². The van der Waals surface area contributed by atoms with E-state index in [2.05, 4.69) is 21.2 Å². The molecule has 20 heavy (non-hydrogen) atoms. The average molecular weight is 334 g/mol. The molecular formula is C15H16BrN3O. The predicted molar refractivity (Wildman–Crippen MR) is 85.6 cm³/mol. The quantitative estimate of drug-likeness (QED) is 0.751. The largest absolute Gasteiger partial charge is 0.396 e. The molecule has 0 saturated heterocycles. The van der Waals surface area contributed by atoms with E-state index in [1.807, 2.05) is 37.3 Å². The summed E-state index contributed by atoms with van der Waals surface area (Å²) in [4.78, 5) is 11.3. The average Bonchev–Trinajstić information content (AvgIpc) is 2.41. The van der Waals surface area contributed by atoms with Crippen molar-refractivity contribution >= 4 is 33.2 Å². The van der Waals surface area contributed by atoms with Crippen LogP contribution in [0.25, 0.3) is 0 Å². The molecule has 0 saturated carbocycles. The van der Waals surface area contributed by atoms with Crippen LogP contribution in [-0.4, -0.2) is 5.91 Å². The van der Waals surface area contributed by atoms with E-state index in [4.69, 9.17) is 11.5 Å². The van der Waals surface area contributed by atoms with Gasteiger partial charge < -0.3 is 16.8 Å². The van der Waals surface area contributed by atoms with Gasteiger partial charge in [-0.15, -0.1) is 0 Å². The summed E-state index contributed by atoms with van der Waals surface area (Å²) in [6, 6.07) is 13.3. The van der Waals surface area contributed by atoms with E-state index in [0.29, 0.717) is 16.9 Å². The molecule has 2 aromatic rings. The summed E-state index contributed by atoms with van der Waals surface area (Å²) < 4.78 is 1.03. The van der Waals surface area contributed by atoms with Gasteiger partial charge in [-0.3, -0.25) is 4.79 Å². The first-order valence-corrected chi connectivity index (χ1v) is 6.98. The highest BCUT2D eigenvalue weighted by Crippen LogP contribution is 2.27. The van der Waals surface area contributed by atoms with Gasteiger partial charge in [0.05, 0.1) is 16.9 Å². The normalized spacial score (nSPS) is 11.9. The number of primary amides is 1. The van der Waals surface area contributed by atoms with Crippen LogP contribution in [0.15, 0.2) is 46.9 Å². The molecule has 1 unspecified atom stereocenters. The van der Waals surface area contributed by atoms with E-state index in [1.54, 1.807) is 12.1 Å². The standard InChI is InChI=1S/C15H16BrN3O/c1-9(10-5-7-11(16)8-6-10)19-13-4-2-3-12(14(13)17)15(18)20/h2-9,19H,17H2,1H3,(H2,18,20). The first-order valence-electron chi connectivity index (χ1n) is 6.19. The molecule has 2 aromatic carbocycles. The summed E-state index contributed by atoms with van der Waals surface area (Å²) in [5.41, 5.74) is 13.8. The number of para-hydroxylation sites is 1. The van der Waals surface area contributed by atoms with Gasteiger partial charge in [-0.1, -0.05) is 34.1 Å². The van der Waals surface area contributed by atoms with Crippen LogP contribution in [-0.2, 0) is 0 Å². The van der Waals surface area contributed by atoms with Crippen LogP contribution in [0, 0.1) is 0 Å². The fraction of sp³-hybridized carbons (Fsp3) is 0.133. The Morgan fingerprint density at radius 3 is 2.45 bits per heavy atom. The second-order valence-corrected chi connectivity index (χ2v) is 5.46. The third-order valence-corrected chi connectivity index (χ3v) is 3.64. The zero-order valence-electron chi connectivity index (χ0n) is 11.1. The van der Waals surface area contributed by atoms with Gasteiger partial charge in [0.15, 0.2) is 0 Å². The number of carbonyl (C=O) groups excluding carboxylic acids is 1. The molecule has 5 heteroatoms. The fourth-order valence-corrected chi connectivity index (χ4v) is 2.24. The van der Waals surface area contributed by atoms with Crippen molar-refractivity contribution in [3.8, 4) is 0 Å². The van der Waals surface area contributed by atoms with E-state index in [-0.39, 0.29) is 6.04 Å². The van der Waals surface area contributed by atoms with Crippen LogP contribution >= 0.6 is 15.9 Å². The maximum absolute atomic E-state index is 11.3. The van der Waals surface area contributed by atoms with Crippen molar-refractivity contribution in [2.45, 2.75) is 13.0 Å². The van der Waals surface area contributed by atoms with Crippen LogP contribution in [0.5, 0.6) is 0 Å². The molecule has 0 aliphatic rings. The number of benzene rings is 2. The summed E-state index contributed by atoms with van der Waals surface area (Å²) in [5.74, 6) is -0.526. The second kappa shape index (κ2) is 5.96. The van der Waals surface area contributed by atoms with Crippen molar-refractivity contribution in [2.24, 2.45) is 5.73 Å². The lowest BCUT2D eigenvalue weighted by molar-refractivity contribution is 0.100. The molecule has 1 atom stereocenters. The summed E-state index contributed by atoms with van der Waals surface area (Å²) in [6.45, 7) is 2.03. The van der Waals surface area contributed by atoms with Gasteiger partial charge >= 0.3 is 0 Å². The van der Waals surface area contributed by atoms with E-state index in [0.717, 1.165) is 10.0 Å². The maximum atomic E-state index is 11.3. The summed E-state index contributed by atoms with van der Waals surface area (Å²) >= 11 is 3.41. The van der Waals surface area contributed by atoms with Gasteiger partial charge in [0.1, 0.15) is 0 Å². The molecule has 2 rings (SSSR count). The molecule has 0 aromatic heterocycles. The number of amides is 1. The minimum absolute atomic E-state index is 0.0635. The highest BCUT2D eigenvalue weighted by Gasteiger charge is 2.12. The zero-order chi connectivity index (χ0) is 14.7. The molecule has 0 radical (unpaired) electrons. The van der Waals surface area contributed by atoms with Crippen LogP contribution in [0.3, 0.4) is 0 Å². The minimum Gasteiger partial charge on any atom is -0.396 e. The molecule has 104 valence electrons. The molecule has 4 nitrogen and oxygen atoms in total. The Balaban J connectivity index is 2.23. The van der Waals surface area contributed by atoms with Gasteiger partial charge in [-0.05, 0) is 36.8 Å². The number of rotatable bonds is 4. The number of carbonyl (C=O) groups is 1.